The molecule has 2 atom stereocenters. The maximum absolute atomic E-state index is 14.8. The van der Waals surface area contributed by atoms with Crippen LogP contribution in [0.1, 0.15) is 95.3 Å². The van der Waals surface area contributed by atoms with Crippen LogP contribution in [-0.2, 0) is 9.53 Å². The summed E-state index contributed by atoms with van der Waals surface area (Å²) in [6, 6.07) is 7.87. The number of aromatic amines is 1. The first-order valence-corrected chi connectivity index (χ1v) is 15.0. The Balaban J connectivity index is 1.81. The van der Waals surface area contributed by atoms with Gasteiger partial charge in [0, 0.05) is 12.5 Å². The van der Waals surface area contributed by atoms with Crippen molar-refractivity contribution < 1.29 is 9.53 Å². The van der Waals surface area contributed by atoms with Crippen molar-refractivity contribution in [2.45, 2.75) is 72.8 Å². The van der Waals surface area contributed by atoms with Crippen LogP contribution in [0.2, 0.25) is 0 Å². The summed E-state index contributed by atoms with van der Waals surface area (Å²) < 4.78 is 6.74. The third kappa shape index (κ3) is 6.67. The highest BCUT2D eigenvalue weighted by Gasteiger charge is 2.40. The maximum Gasteiger partial charge on any atom is 0.290 e. The zero-order valence-electron chi connectivity index (χ0n) is 26.0. The molecule has 1 saturated carbocycles. The number of aromatic nitrogens is 2. The summed E-state index contributed by atoms with van der Waals surface area (Å²) in [4.78, 5) is 24.8. The number of nitrogens with zero attached hydrogens (tertiary/aromatic N) is 2. The fourth-order valence-corrected chi connectivity index (χ4v) is 5.72. The molecule has 220 valence electrons. The molecule has 0 radical (unpaired) electrons. The summed E-state index contributed by atoms with van der Waals surface area (Å²) in [5.74, 6) is 1.57. The maximum atomic E-state index is 14.8. The van der Waals surface area contributed by atoms with Gasteiger partial charge in [-0.25, -0.2) is 4.98 Å². The first-order chi connectivity index (χ1) is 20.2. The van der Waals surface area contributed by atoms with E-state index in [4.69, 9.17) is 4.74 Å². The van der Waals surface area contributed by atoms with E-state index in [1.807, 2.05) is 55.2 Å². The molecule has 1 aliphatic heterocycles. The van der Waals surface area contributed by atoms with Crippen LogP contribution in [0.15, 0.2) is 102 Å². The number of carbonyl (C=O) groups is 1. The van der Waals surface area contributed by atoms with Gasteiger partial charge in [0.05, 0.1) is 23.8 Å². The molecular formula is C37H45N3O2. The normalized spacial score (nSPS) is 19.7. The van der Waals surface area contributed by atoms with Gasteiger partial charge in [-0.15, -0.1) is 0 Å². The van der Waals surface area contributed by atoms with Gasteiger partial charge in [0.2, 0.25) is 0 Å². The lowest BCUT2D eigenvalue weighted by Gasteiger charge is -2.39. The molecule has 5 nitrogen and oxygen atoms in total. The first-order valence-electron chi connectivity index (χ1n) is 15.0. The number of carbonyl (C=O) groups excluding carboxylic acids is 1. The standard InChI is InChI=1S/C37H45N3O2/c1-9-12-13-17-29(11-3)35(24(4)5)42-36(27(8)30-19-20-30)37(41)40-22-26(7)32-33(39-23-38-32)34(40)25(6)21-31-18-15-14-16-28(31)10-2/h9-10,12-18,21,23,26,30,34H,1-2,11,19-20,22H2,3-8H3,(H,38,39)/b13-12-,25-21+,29-17+,36-27+. The molecule has 2 aliphatic rings. The van der Waals surface area contributed by atoms with Gasteiger partial charge in [0.1, 0.15) is 5.76 Å². The zero-order valence-corrected chi connectivity index (χ0v) is 26.0. The van der Waals surface area contributed by atoms with Crippen LogP contribution in [0, 0.1) is 5.92 Å². The molecule has 1 amide bonds. The third-order valence-electron chi connectivity index (χ3n) is 8.13. The molecule has 2 heterocycles. The Labute approximate surface area is 251 Å². The fourth-order valence-electron chi connectivity index (χ4n) is 5.72. The van der Waals surface area contributed by atoms with E-state index in [1.54, 1.807) is 12.4 Å². The van der Waals surface area contributed by atoms with Crippen LogP contribution in [0.4, 0.5) is 0 Å². The number of imidazole rings is 1. The van der Waals surface area contributed by atoms with E-state index in [0.29, 0.717) is 18.2 Å². The minimum atomic E-state index is -0.304. The quantitative estimate of drug-likeness (QED) is 0.168. The first kappa shape index (κ1) is 30.8. The second-order valence-electron chi connectivity index (χ2n) is 11.6. The summed E-state index contributed by atoms with van der Waals surface area (Å²) in [6.07, 6.45) is 16.4. The molecule has 1 aromatic carbocycles. The molecule has 0 bridgehead atoms. The lowest BCUT2D eigenvalue weighted by atomic mass is 9.89. The molecule has 5 heteroatoms. The Hall–Kier alpha value is -4.12. The van der Waals surface area contributed by atoms with E-state index in [2.05, 4.69) is 69.0 Å². The van der Waals surface area contributed by atoms with Crippen LogP contribution in [0.25, 0.3) is 12.2 Å². The smallest absolute Gasteiger partial charge is 0.290 e. The molecular weight excluding hydrogens is 518 g/mol. The van der Waals surface area contributed by atoms with Crippen LogP contribution in [-0.4, -0.2) is 27.3 Å². The Kier molecular flexibility index (Phi) is 10.1. The predicted octanol–water partition coefficient (Wildman–Crippen LogP) is 9.22. The van der Waals surface area contributed by atoms with Crippen molar-refractivity contribution in [1.82, 2.24) is 14.9 Å². The lowest BCUT2D eigenvalue weighted by Crippen LogP contribution is -2.43. The SMILES string of the molecule is C=C/C=C\C=C(/CC)C(O/C(C(=O)N1CC(C)c2nc[nH]c2C1/C(C)=C/c1ccccc1C=C)=C(\C)C1CC1)=C(C)C. The van der Waals surface area contributed by atoms with E-state index in [9.17, 15) is 4.79 Å². The van der Waals surface area contributed by atoms with Gasteiger partial charge in [-0.3, -0.25) is 4.79 Å². The molecule has 1 aliphatic carbocycles. The average Bonchev–Trinajstić information content (AvgIpc) is 3.72. The van der Waals surface area contributed by atoms with Crippen molar-refractivity contribution in [2.75, 3.05) is 6.54 Å². The number of allylic oxidation sites excluding steroid dienone is 7. The van der Waals surface area contributed by atoms with E-state index in [1.165, 1.54) is 0 Å². The van der Waals surface area contributed by atoms with E-state index < -0.39 is 0 Å². The molecule has 0 spiro atoms. The van der Waals surface area contributed by atoms with Gasteiger partial charge in [0.15, 0.2) is 5.76 Å². The van der Waals surface area contributed by atoms with Crippen molar-refractivity contribution in [3.63, 3.8) is 0 Å². The number of hydrogen-bond acceptors (Lipinski definition) is 3. The summed E-state index contributed by atoms with van der Waals surface area (Å²) in [6.45, 7) is 20.8. The van der Waals surface area contributed by atoms with Crippen molar-refractivity contribution >= 4 is 18.1 Å². The molecule has 2 aromatic rings. The Morgan fingerprint density at radius 3 is 2.43 bits per heavy atom. The number of H-pyrrole nitrogens is 1. The van der Waals surface area contributed by atoms with Crippen molar-refractivity contribution in [3.05, 3.63) is 124 Å². The summed E-state index contributed by atoms with van der Waals surface area (Å²) >= 11 is 0. The molecule has 2 unspecified atom stereocenters. The number of nitrogens with one attached hydrogen (secondary N) is 1. The molecule has 42 heavy (non-hydrogen) atoms. The Morgan fingerprint density at radius 2 is 1.81 bits per heavy atom. The molecule has 0 saturated heterocycles. The van der Waals surface area contributed by atoms with Crippen LogP contribution in [0.5, 0.6) is 0 Å². The molecule has 1 fully saturated rings. The summed E-state index contributed by atoms with van der Waals surface area (Å²) in [5, 5.41) is 0. The minimum absolute atomic E-state index is 0.0836. The number of rotatable bonds is 11. The lowest BCUT2D eigenvalue weighted by molar-refractivity contribution is -0.132. The number of fused-ring (bicyclic) bond motifs is 1. The van der Waals surface area contributed by atoms with Crippen LogP contribution in [0.3, 0.4) is 0 Å². The van der Waals surface area contributed by atoms with E-state index in [-0.39, 0.29) is 17.9 Å². The zero-order chi connectivity index (χ0) is 30.4. The molecule has 1 N–H and O–H groups in total. The third-order valence-corrected chi connectivity index (χ3v) is 8.13. The summed E-state index contributed by atoms with van der Waals surface area (Å²) in [5.41, 5.74) is 8.22. The van der Waals surface area contributed by atoms with E-state index >= 15 is 0 Å². The van der Waals surface area contributed by atoms with E-state index in [0.717, 1.165) is 69.8 Å². The highest BCUT2D eigenvalue weighted by atomic mass is 16.5. The minimum Gasteiger partial charge on any atom is -0.451 e. The monoisotopic (exact) mass is 563 g/mol. The van der Waals surface area contributed by atoms with Crippen LogP contribution < -0.4 is 0 Å². The molecule has 1 aromatic heterocycles. The highest BCUT2D eigenvalue weighted by molar-refractivity contribution is 5.93. The van der Waals surface area contributed by atoms with Crippen LogP contribution >= 0.6 is 0 Å². The number of amides is 1. The van der Waals surface area contributed by atoms with Gasteiger partial charge >= 0.3 is 0 Å². The number of hydrogen-bond donors (Lipinski definition) is 1. The summed E-state index contributed by atoms with van der Waals surface area (Å²) in [7, 11) is 0. The van der Waals surface area contributed by atoms with Gasteiger partial charge in [-0.1, -0.05) is 87.7 Å². The van der Waals surface area contributed by atoms with Gasteiger partial charge in [0.25, 0.3) is 5.91 Å². The number of benzene rings is 1. The van der Waals surface area contributed by atoms with Gasteiger partial charge in [-0.05, 0) is 86.3 Å². The van der Waals surface area contributed by atoms with Crippen molar-refractivity contribution in [3.8, 4) is 0 Å². The van der Waals surface area contributed by atoms with Gasteiger partial charge in [-0.2, -0.15) is 0 Å². The highest BCUT2D eigenvalue weighted by Crippen LogP contribution is 2.43. The second kappa shape index (κ2) is 13.7. The van der Waals surface area contributed by atoms with Crippen molar-refractivity contribution in [2.24, 2.45) is 5.92 Å². The fraction of sp³-hybridized carbons (Fsp3) is 0.351. The Bertz CT molecular complexity index is 1490. The van der Waals surface area contributed by atoms with Gasteiger partial charge < -0.3 is 14.6 Å². The topological polar surface area (TPSA) is 58.2 Å². The number of ether oxygens (including phenoxy) is 1. The van der Waals surface area contributed by atoms with Crippen molar-refractivity contribution in [1.29, 1.82) is 0 Å². The molecule has 4 rings (SSSR count). The average molecular weight is 564 g/mol. The largest absolute Gasteiger partial charge is 0.451 e. The Morgan fingerprint density at radius 1 is 1.10 bits per heavy atom. The second-order valence-corrected chi connectivity index (χ2v) is 11.6. The predicted molar refractivity (Wildman–Crippen MR) is 174 cm³/mol.